The van der Waals surface area contributed by atoms with E-state index < -0.39 is 11.7 Å². The van der Waals surface area contributed by atoms with Crippen molar-refractivity contribution in [2.24, 2.45) is 0 Å². The molecular weight excluding hydrogens is 428 g/mol. The minimum absolute atomic E-state index is 0.122. The first-order chi connectivity index (χ1) is 14.5. The molecule has 0 radical (unpaired) electrons. The highest BCUT2D eigenvalue weighted by Gasteiger charge is 2.12. The predicted octanol–water partition coefficient (Wildman–Crippen LogP) is 5.68. The summed E-state index contributed by atoms with van der Waals surface area (Å²) in [5.41, 5.74) is 1.62. The van der Waals surface area contributed by atoms with Gasteiger partial charge in [-0.15, -0.1) is 11.3 Å². The molecule has 0 fully saturated rings. The predicted molar refractivity (Wildman–Crippen MR) is 115 cm³/mol. The molecule has 0 spiro atoms. The molecule has 0 atom stereocenters. The smallest absolute Gasteiger partial charge is 0.288 e. The van der Waals surface area contributed by atoms with Crippen LogP contribution in [0.2, 0.25) is 0 Å². The molecule has 5 nitrogen and oxygen atoms in total. The van der Waals surface area contributed by atoms with Crippen LogP contribution in [0.25, 0.3) is 16.6 Å². The third kappa shape index (κ3) is 5.65. The highest BCUT2D eigenvalue weighted by atomic mass is 32.2. The summed E-state index contributed by atoms with van der Waals surface area (Å²) in [6, 6.07) is 15.2. The van der Waals surface area contributed by atoms with Gasteiger partial charge in [-0.05, 0) is 42.5 Å². The van der Waals surface area contributed by atoms with Gasteiger partial charge in [0.15, 0.2) is 0 Å². The van der Waals surface area contributed by atoms with Gasteiger partial charge >= 0.3 is 0 Å². The summed E-state index contributed by atoms with van der Waals surface area (Å²) in [7, 11) is 1.58. The van der Waals surface area contributed by atoms with Crippen molar-refractivity contribution < 1.29 is 18.3 Å². The number of alkyl halides is 2. The first-order valence-corrected chi connectivity index (χ1v) is 10.3. The number of nitrogens with zero attached hydrogens (tertiary/aromatic N) is 2. The Balaban J connectivity index is 1.73. The Labute approximate surface area is 180 Å². The molecule has 1 heterocycles. The lowest BCUT2D eigenvalue weighted by Gasteiger charge is -2.05. The van der Waals surface area contributed by atoms with Gasteiger partial charge in [0.2, 0.25) is 0 Å². The Morgan fingerprint density at radius 1 is 1.30 bits per heavy atom. The van der Waals surface area contributed by atoms with E-state index in [4.69, 9.17) is 4.74 Å². The highest BCUT2D eigenvalue weighted by molar-refractivity contribution is 7.99. The Morgan fingerprint density at radius 2 is 2.07 bits per heavy atom. The van der Waals surface area contributed by atoms with Crippen LogP contribution in [-0.2, 0) is 4.79 Å². The maximum atomic E-state index is 12.4. The number of thiazole rings is 1. The Kier molecular flexibility index (Phi) is 7.17. The Bertz CT molecular complexity index is 1110. The maximum Gasteiger partial charge on any atom is 0.288 e. The van der Waals surface area contributed by atoms with Gasteiger partial charge in [0, 0.05) is 21.5 Å². The number of methoxy groups -OCH3 is 1. The SMILES string of the molecule is COc1cccc(-c2nc(/C=C(\C#N)C(=O)Nc3ccc(SC(F)F)cc3)cs2)c1. The molecule has 0 aliphatic carbocycles. The number of amides is 1. The van der Waals surface area contributed by atoms with E-state index in [2.05, 4.69) is 10.3 Å². The number of carbonyl (C=O) groups is 1. The van der Waals surface area contributed by atoms with E-state index in [1.54, 1.807) is 12.5 Å². The zero-order valence-electron chi connectivity index (χ0n) is 15.6. The van der Waals surface area contributed by atoms with E-state index in [-0.39, 0.29) is 5.57 Å². The number of ether oxygens (including phenoxy) is 1. The minimum atomic E-state index is -2.52. The van der Waals surface area contributed by atoms with Gasteiger partial charge in [-0.2, -0.15) is 14.0 Å². The average molecular weight is 444 g/mol. The molecule has 1 amide bonds. The lowest BCUT2D eigenvalue weighted by molar-refractivity contribution is -0.112. The van der Waals surface area contributed by atoms with Gasteiger partial charge in [-0.1, -0.05) is 23.9 Å². The molecule has 0 aliphatic rings. The van der Waals surface area contributed by atoms with E-state index >= 15 is 0 Å². The average Bonchev–Trinajstić information content (AvgIpc) is 3.21. The standard InChI is InChI=1S/C21H15F2N3O2S2/c1-28-17-4-2-3-13(10-17)20-26-16(12-29-20)9-14(11-24)19(27)25-15-5-7-18(8-6-15)30-21(22)23/h2-10,12,21H,1H3,(H,25,27)/b14-9+. The van der Waals surface area contributed by atoms with Crippen molar-refractivity contribution in [3.63, 3.8) is 0 Å². The fraction of sp³-hybridized carbons (Fsp3) is 0.0952. The van der Waals surface area contributed by atoms with Crippen LogP contribution < -0.4 is 10.1 Å². The van der Waals surface area contributed by atoms with Crippen LogP contribution in [0, 0.1) is 11.3 Å². The number of benzene rings is 2. The van der Waals surface area contributed by atoms with E-state index in [1.807, 2.05) is 30.3 Å². The molecule has 152 valence electrons. The first-order valence-electron chi connectivity index (χ1n) is 8.56. The monoisotopic (exact) mass is 443 g/mol. The lowest BCUT2D eigenvalue weighted by Crippen LogP contribution is -2.13. The summed E-state index contributed by atoms with van der Waals surface area (Å²) in [5.74, 6) is -2.42. The summed E-state index contributed by atoms with van der Waals surface area (Å²) < 4.78 is 30.0. The van der Waals surface area contributed by atoms with Crippen LogP contribution >= 0.6 is 23.1 Å². The molecule has 0 aliphatic heterocycles. The molecule has 3 rings (SSSR count). The van der Waals surface area contributed by atoms with Gasteiger partial charge in [0.05, 0.1) is 12.8 Å². The van der Waals surface area contributed by atoms with Crippen molar-refractivity contribution in [2.75, 3.05) is 12.4 Å². The summed E-state index contributed by atoms with van der Waals surface area (Å²) in [5, 5.41) is 14.4. The van der Waals surface area contributed by atoms with Crippen molar-refractivity contribution in [1.82, 2.24) is 4.98 Å². The molecular formula is C21H15F2N3O2S2. The summed E-state index contributed by atoms with van der Waals surface area (Å²) >= 11 is 1.80. The summed E-state index contributed by atoms with van der Waals surface area (Å²) in [4.78, 5) is 17.2. The number of carbonyl (C=O) groups excluding carboxylic acids is 1. The van der Waals surface area contributed by atoms with E-state index in [1.165, 1.54) is 41.7 Å². The molecule has 1 aromatic heterocycles. The van der Waals surface area contributed by atoms with Crippen LogP contribution in [0.4, 0.5) is 14.5 Å². The van der Waals surface area contributed by atoms with Crippen molar-refractivity contribution in [1.29, 1.82) is 5.26 Å². The number of thioether (sulfide) groups is 1. The third-order valence-corrected chi connectivity index (χ3v) is 5.47. The van der Waals surface area contributed by atoms with Gasteiger partial charge in [-0.3, -0.25) is 4.79 Å². The normalized spacial score (nSPS) is 11.2. The largest absolute Gasteiger partial charge is 0.497 e. The highest BCUT2D eigenvalue weighted by Crippen LogP contribution is 2.28. The number of hydrogen-bond acceptors (Lipinski definition) is 6. The van der Waals surface area contributed by atoms with Crippen LogP contribution in [0.1, 0.15) is 5.69 Å². The molecule has 1 N–H and O–H groups in total. The third-order valence-electron chi connectivity index (χ3n) is 3.83. The van der Waals surface area contributed by atoms with Gasteiger partial charge < -0.3 is 10.1 Å². The second-order valence-electron chi connectivity index (χ2n) is 5.84. The molecule has 0 saturated heterocycles. The van der Waals surface area contributed by atoms with Crippen molar-refractivity contribution in [2.45, 2.75) is 10.7 Å². The number of aromatic nitrogens is 1. The second kappa shape index (κ2) is 10.0. The molecule has 3 aromatic rings. The maximum absolute atomic E-state index is 12.4. The molecule has 0 unspecified atom stereocenters. The molecule has 9 heteroatoms. The second-order valence-corrected chi connectivity index (χ2v) is 7.76. The zero-order valence-corrected chi connectivity index (χ0v) is 17.3. The number of nitriles is 1. The minimum Gasteiger partial charge on any atom is -0.497 e. The molecule has 30 heavy (non-hydrogen) atoms. The Morgan fingerprint density at radius 3 is 2.73 bits per heavy atom. The van der Waals surface area contributed by atoms with Crippen molar-refractivity contribution in [3.05, 3.63) is 65.2 Å². The number of halogens is 2. The fourth-order valence-corrected chi connectivity index (χ4v) is 3.73. The molecule has 0 bridgehead atoms. The van der Waals surface area contributed by atoms with Crippen LogP contribution in [-0.4, -0.2) is 23.8 Å². The van der Waals surface area contributed by atoms with Gasteiger partial charge in [0.25, 0.3) is 11.7 Å². The van der Waals surface area contributed by atoms with Crippen LogP contribution in [0.5, 0.6) is 5.75 Å². The van der Waals surface area contributed by atoms with E-state index in [0.29, 0.717) is 33.8 Å². The quantitative estimate of drug-likeness (QED) is 0.289. The molecule has 0 saturated carbocycles. The van der Waals surface area contributed by atoms with Crippen molar-refractivity contribution >= 4 is 40.8 Å². The topological polar surface area (TPSA) is 75.0 Å². The molecule has 2 aromatic carbocycles. The Hall–Kier alpha value is -3.22. The number of rotatable bonds is 7. The zero-order chi connectivity index (χ0) is 21.5. The lowest BCUT2D eigenvalue weighted by atomic mass is 10.2. The first kappa shape index (κ1) is 21.5. The summed E-state index contributed by atoms with van der Waals surface area (Å²) in [6.45, 7) is 0. The van der Waals surface area contributed by atoms with Crippen LogP contribution in [0.15, 0.2) is 64.4 Å². The number of nitrogens with one attached hydrogen (secondary N) is 1. The van der Waals surface area contributed by atoms with E-state index in [0.717, 1.165) is 10.6 Å². The van der Waals surface area contributed by atoms with E-state index in [9.17, 15) is 18.8 Å². The van der Waals surface area contributed by atoms with Gasteiger partial charge in [0.1, 0.15) is 22.4 Å². The van der Waals surface area contributed by atoms with Crippen LogP contribution in [0.3, 0.4) is 0 Å². The fourth-order valence-electron chi connectivity index (χ4n) is 2.46. The number of hydrogen-bond donors (Lipinski definition) is 1. The number of anilines is 1. The van der Waals surface area contributed by atoms with Gasteiger partial charge in [-0.25, -0.2) is 4.98 Å². The van der Waals surface area contributed by atoms with Crippen molar-refractivity contribution in [3.8, 4) is 22.4 Å². The summed E-state index contributed by atoms with van der Waals surface area (Å²) in [6.07, 6.45) is 1.40.